The van der Waals surface area contributed by atoms with Crippen molar-refractivity contribution in [2.75, 3.05) is 6.35 Å². The van der Waals surface area contributed by atoms with E-state index in [9.17, 15) is 9.67 Å². The molecule has 0 atom stereocenters. The molecule has 0 fully saturated rings. The molecular weight excluding hydrogens is 186 g/mol. The van der Waals surface area contributed by atoms with Gasteiger partial charge in [-0.15, -0.1) is 0 Å². The first-order valence-corrected chi connectivity index (χ1v) is 5.66. The SMILES string of the molecule is CC(C)OP(=O)(C[O-])OC(C)C.[Li+]. The Hall–Kier alpha value is 0.707. The molecule has 0 saturated carbocycles. The third-order valence-corrected chi connectivity index (χ3v) is 2.70. The summed E-state index contributed by atoms with van der Waals surface area (Å²) in [6.45, 7) is 6.86. The van der Waals surface area contributed by atoms with E-state index in [-0.39, 0.29) is 31.1 Å². The number of hydrogen-bond donors (Lipinski definition) is 0. The van der Waals surface area contributed by atoms with Crippen LogP contribution >= 0.6 is 7.60 Å². The van der Waals surface area contributed by atoms with Crippen molar-refractivity contribution in [1.29, 1.82) is 0 Å². The van der Waals surface area contributed by atoms with Crippen molar-refractivity contribution in [1.82, 2.24) is 0 Å². The molecule has 0 unspecified atom stereocenters. The van der Waals surface area contributed by atoms with Crippen molar-refractivity contribution in [3.8, 4) is 0 Å². The van der Waals surface area contributed by atoms with Gasteiger partial charge in [-0.05, 0) is 34.0 Å². The number of hydrogen-bond acceptors (Lipinski definition) is 4. The third-order valence-electron chi connectivity index (χ3n) is 0.901. The minimum absolute atomic E-state index is 0. The Kier molecular flexibility index (Phi) is 8.77. The van der Waals surface area contributed by atoms with Crippen molar-refractivity contribution in [3.63, 3.8) is 0 Å². The van der Waals surface area contributed by atoms with Gasteiger partial charge in [-0.3, -0.25) is 4.57 Å². The molecule has 0 radical (unpaired) electrons. The van der Waals surface area contributed by atoms with Gasteiger partial charge in [0.25, 0.3) is 0 Å². The van der Waals surface area contributed by atoms with E-state index in [0.717, 1.165) is 0 Å². The van der Waals surface area contributed by atoms with E-state index in [1.165, 1.54) is 0 Å². The summed E-state index contributed by atoms with van der Waals surface area (Å²) in [7, 11) is -3.37. The Bertz CT molecular complexity index is 158. The second-order valence-corrected chi connectivity index (χ2v) is 4.95. The fraction of sp³-hybridized carbons (Fsp3) is 1.00. The van der Waals surface area contributed by atoms with E-state index in [2.05, 4.69) is 0 Å². The topological polar surface area (TPSA) is 58.6 Å². The Morgan fingerprint density at radius 3 is 1.62 bits per heavy atom. The van der Waals surface area contributed by atoms with E-state index < -0.39 is 13.9 Å². The van der Waals surface area contributed by atoms with Crippen molar-refractivity contribution in [3.05, 3.63) is 0 Å². The van der Waals surface area contributed by atoms with Crippen molar-refractivity contribution < 1.29 is 37.6 Å². The molecule has 0 aliphatic rings. The molecule has 0 spiro atoms. The van der Waals surface area contributed by atoms with E-state index >= 15 is 0 Å². The van der Waals surface area contributed by atoms with Crippen LogP contribution in [0.25, 0.3) is 0 Å². The first-order chi connectivity index (χ1) is 5.39. The van der Waals surface area contributed by atoms with Gasteiger partial charge < -0.3 is 14.2 Å². The van der Waals surface area contributed by atoms with Crippen molar-refractivity contribution >= 4 is 7.60 Å². The molecule has 0 bridgehead atoms. The summed E-state index contributed by atoms with van der Waals surface area (Å²) < 4.78 is 21.3. The molecule has 0 aromatic heterocycles. The Labute approximate surface area is 91.7 Å². The molecule has 0 aromatic rings. The van der Waals surface area contributed by atoms with Crippen LogP contribution in [-0.2, 0) is 13.6 Å². The standard InChI is InChI=1S/C7H16O4P.Li/c1-6(2)10-12(9,5-8)11-7(3)4;/h6-7H,5H2,1-4H3;/q-1;+1. The summed E-state index contributed by atoms with van der Waals surface area (Å²) in [5.41, 5.74) is 0. The van der Waals surface area contributed by atoms with Gasteiger partial charge in [0.1, 0.15) is 0 Å². The van der Waals surface area contributed by atoms with Gasteiger partial charge in [0.05, 0.1) is 12.2 Å². The van der Waals surface area contributed by atoms with Gasteiger partial charge >= 0.3 is 26.5 Å². The molecule has 0 aromatic carbocycles. The first kappa shape index (κ1) is 16.1. The molecule has 0 saturated heterocycles. The smallest absolute Gasteiger partial charge is 0.846 e. The molecule has 6 heteroatoms. The molecule has 0 amide bonds. The second-order valence-electron chi connectivity index (χ2n) is 3.05. The zero-order chi connectivity index (χ0) is 9.78. The average molecular weight is 202 g/mol. The van der Waals surface area contributed by atoms with Crippen LogP contribution in [0.4, 0.5) is 0 Å². The Morgan fingerprint density at radius 1 is 1.15 bits per heavy atom. The summed E-state index contributed by atoms with van der Waals surface area (Å²) in [6, 6.07) is 0. The summed E-state index contributed by atoms with van der Waals surface area (Å²) in [4.78, 5) is 0. The minimum atomic E-state index is -3.37. The fourth-order valence-electron chi connectivity index (χ4n) is 0.728. The van der Waals surface area contributed by atoms with Crippen LogP contribution in [0, 0.1) is 0 Å². The van der Waals surface area contributed by atoms with E-state index in [1.54, 1.807) is 27.7 Å². The van der Waals surface area contributed by atoms with Gasteiger partial charge in [0.15, 0.2) is 0 Å². The van der Waals surface area contributed by atoms with Crippen LogP contribution in [0.1, 0.15) is 27.7 Å². The maximum absolute atomic E-state index is 11.4. The molecule has 13 heavy (non-hydrogen) atoms. The van der Waals surface area contributed by atoms with Gasteiger partial charge in [0.2, 0.25) is 0 Å². The fourth-order valence-corrected chi connectivity index (χ4v) is 2.18. The second kappa shape index (κ2) is 7.06. The molecule has 0 rings (SSSR count). The van der Waals surface area contributed by atoms with E-state index in [4.69, 9.17) is 9.05 Å². The van der Waals surface area contributed by atoms with Crippen LogP contribution in [0.15, 0.2) is 0 Å². The van der Waals surface area contributed by atoms with Gasteiger partial charge in [-0.25, -0.2) is 0 Å². The maximum Gasteiger partial charge on any atom is 1.00 e. The van der Waals surface area contributed by atoms with Crippen LogP contribution in [0.3, 0.4) is 0 Å². The van der Waals surface area contributed by atoms with E-state index in [0.29, 0.717) is 0 Å². The quantitative estimate of drug-likeness (QED) is 0.396. The monoisotopic (exact) mass is 202 g/mol. The third kappa shape index (κ3) is 7.75. The molecule has 0 heterocycles. The predicted molar refractivity (Wildman–Crippen MR) is 44.9 cm³/mol. The minimum Gasteiger partial charge on any atom is -0.846 e. The van der Waals surface area contributed by atoms with Gasteiger partial charge in [-0.2, -0.15) is 0 Å². The van der Waals surface area contributed by atoms with E-state index in [1.807, 2.05) is 0 Å². The zero-order valence-corrected chi connectivity index (χ0v) is 9.84. The summed E-state index contributed by atoms with van der Waals surface area (Å²) in [6.07, 6.45) is -1.31. The van der Waals surface area contributed by atoms with Crippen LogP contribution < -0.4 is 24.0 Å². The molecule has 0 N–H and O–H groups in total. The maximum atomic E-state index is 11.4. The molecule has 74 valence electrons. The molecule has 4 nitrogen and oxygen atoms in total. The van der Waals surface area contributed by atoms with Gasteiger partial charge in [-0.1, -0.05) is 0 Å². The molecular formula is C7H16LiO4P. The summed E-state index contributed by atoms with van der Waals surface area (Å²) >= 11 is 0. The van der Waals surface area contributed by atoms with Crippen molar-refractivity contribution in [2.24, 2.45) is 0 Å². The van der Waals surface area contributed by atoms with Crippen molar-refractivity contribution in [2.45, 2.75) is 39.9 Å². The Balaban J connectivity index is 0. The average Bonchev–Trinajstić information content (AvgIpc) is 1.83. The van der Waals surface area contributed by atoms with Crippen LogP contribution in [0.5, 0.6) is 0 Å². The Morgan fingerprint density at radius 2 is 1.46 bits per heavy atom. The first-order valence-electron chi connectivity index (χ1n) is 3.93. The molecule has 0 aliphatic heterocycles. The summed E-state index contributed by atoms with van der Waals surface area (Å²) in [5.74, 6) is 0. The van der Waals surface area contributed by atoms with Crippen LogP contribution in [-0.4, -0.2) is 18.6 Å². The largest absolute Gasteiger partial charge is 1.00 e. The predicted octanol–water partition coefficient (Wildman–Crippen LogP) is -1.65. The van der Waals surface area contributed by atoms with Gasteiger partial charge in [0, 0.05) is 0 Å². The normalized spacial score (nSPS) is 11.9. The van der Waals surface area contributed by atoms with Crippen LogP contribution in [0.2, 0.25) is 0 Å². The molecule has 0 aliphatic carbocycles. The zero-order valence-electron chi connectivity index (χ0n) is 8.94. The summed E-state index contributed by atoms with van der Waals surface area (Å²) in [5, 5.41) is 10.5. The number of rotatable bonds is 5.